The summed E-state index contributed by atoms with van der Waals surface area (Å²) in [6.45, 7) is 24.2. The second-order valence-electron chi connectivity index (χ2n) is 10.0. The standard InChI is InChI=1S/C20H37BrO2Si2/c1-19(2,3)24(7,8)22-14-16-11-12-18(21)13-17(16)15-23-25(9,10)20(4,5)6/h11-13H,14-15H2,1-10H3. The largest absolute Gasteiger partial charge is 0.413 e. The third kappa shape index (κ3) is 6.31. The molecule has 0 radical (unpaired) electrons. The van der Waals surface area contributed by atoms with E-state index in [2.05, 4.69) is 102 Å². The van der Waals surface area contributed by atoms with Crippen molar-refractivity contribution in [2.45, 2.75) is 91.0 Å². The van der Waals surface area contributed by atoms with E-state index in [0.717, 1.165) is 4.47 Å². The molecule has 0 aliphatic heterocycles. The number of benzene rings is 1. The SMILES string of the molecule is CC(C)(C)[Si](C)(C)OCc1ccc(Br)cc1CO[Si](C)(C)C(C)(C)C. The Morgan fingerprint density at radius 1 is 0.760 bits per heavy atom. The van der Waals surface area contributed by atoms with Gasteiger partial charge in [0.2, 0.25) is 0 Å². The van der Waals surface area contributed by atoms with Crippen molar-refractivity contribution in [2.75, 3.05) is 0 Å². The topological polar surface area (TPSA) is 18.5 Å². The van der Waals surface area contributed by atoms with E-state index in [-0.39, 0.29) is 10.1 Å². The fraction of sp³-hybridized carbons (Fsp3) is 0.700. The molecule has 2 nitrogen and oxygen atoms in total. The van der Waals surface area contributed by atoms with Crippen molar-refractivity contribution in [2.24, 2.45) is 0 Å². The summed E-state index contributed by atoms with van der Waals surface area (Å²) in [5.74, 6) is 0. The molecule has 0 bridgehead atoms. The van der Waals surface area contributed by atoms with E-state index in [0.29, 0.717) is 13.2 Å². The zero-order valence-corrected chi connectivity index (χ0v) is 21.4. The molecule has 0 saturated carbocycles. The van der Waals surface area contributed by atoms with Crippen LogP contribution < -0.4 is 0 Å². The Morgan fingerprint density at radius 3 is 1.56 bits per heavy atom. The minimum atomic E-state index is -1.76. The van der Waals surface area contributed by atoms with Crippen LogP contribution in [0.15, 0.2) is 22.7 Å². The summed E-state index contributed by atoms with van der Waals surface area (Å²) in [5.41, 5.74) is 2.48. The molecule has 144 valence electrons. The zero-order valence-electron chi connectivity index (χ0n) is 17.8. The molecule has 5 heteroatoms. The first kappa shape index (κ1) is 23.1. The van der Waals surface area contributed by atoms with E-state index >= 15 is 0 Å². The fourth-order valence-electron chi connectivity index (χ4n) is 1.82. The van der Waals surface area contributed by atoms with Crippen LogP contribution >= 0.6 is 15.9 Å². The molecule has 0 saturated heterocycles. The maximum absolute atomic E-state index is 6.45. The molecule has 1 aromatic rings. The van der Waals surface area contributed by atoms with Crippen LogP contribution in [-0.4, -0.2) is 16.6 Å². The van der Waals surface area contributed by atoms with Gasteiger partial charge in [0.25, 0.3) is 0 Å². The molecule has 25 heavy (non-hydrogen) atoms. The van der Waals surface area contributed by atoms with E-state index < -0.39 is 16.6 Å². The minimum Gasteiger partial charge on any atom is -0.413 e. The molecule has 0 unspecified atom stereocenters. The minimum absolute atomic E-state index is 0.219. The fourth-order valence-corrected chi connectivity index (χ4v) is 4.13. The Kier molecular flexibility index (Phi) is 7.36. The molecule has 0 aliphatic rings. The Labute approximate surface area is 166 Å². The van der Waals surface area contributed by atoms with Crippen molar-refractivity contribution < 1.29 is 8.85 Å². The molecule has 0 amide bonds. The zero-order chi connectivity index (χ0) is 19.7. The Morgan fingerprint density at radius 2 is 1.16 bits per heavy atom. The van der Waals surface area contributed by atoms with E-state index in [1.165, 1.54) is 11.1 Å². The molecule has 0 heterocycles. The lowest BCUT2D eigenvalue weighted by molar-refractivity contribution is 0.257. The van der Waals surface area contributed by atoms with E-state index in [4.69, 9.17) is 8.85 Å². The van der Waals surface area contributed by atoms with Crippen molar-refractivity contribution in [1.29, 1.82) is 0 Å². The summed E-state index contributed by atoms with van der Waals surface area (Å²) >= 11 is 3.60. The molecule has 0 fully saturated rings. The summed E-state index contributed by atoms with van der Waals surface area (Å²) in [6, 6.07) is 6.44. The van der Waals surface area contributed by atoms with E-state index in [1.54, 1.807) is 0 Å². The van der Waals surface area contributed by atoms with Gasteiger partial charge in [-0.3, -0.25) is 0 Å². The van der Waals surface area contributed by atoms with Crippen LogP contribution in [-0.2, 0) is 22.1 Å². The van der Waals surface area contributed by atoms with E-state index in [1.807, 2.05) is 0 Å². The lowest BCUT2D eigenvalue weighted by Crippen LogP contribution is -2.41. The summed E-state index contributed by atoms with van der Waals surface area (Å²) in [7, 11) is -3.52. The van der Waals surface area contributed by atoms with Crippen LogP contribution in [0.4, 0.5) is 0 Å². The molecule has 0 aliphatic carbocycles. The smallest absolute Gasteiger partial charge is 0.192 e. The maximum Gasteiger partial charge on any atom is 0.192 e. The Hall–Kier alpha value is 0.0538. The first-order valence-electron chi connectivity index (χ1n) is 9.12. The van der Waals surface area contributed by atoms with Gasteiger partial charge < -0.3 is 8.85 Å². The molecular formula is C20H37BrO2Si2. The summed E-state index contributed by atoms with van der Waals surface area (Å²) < 4.78 is 14.0. The third-order valence-corrected chi connectivity index (χ3v) is 15.4. The molecular weight excluding hydrogens is 408 g/mol. The van der Waals surface area contributed by atoms with Gasteiger partial charge in [0.15, 0.2) is 16.6 Å². The van der Waals surface area contributed by atoms with Crippen molar-refractivity contribution in [1.82, 2.24) is 0 Å². The van der Waals surface area contributed by atoms with Gasteiger partial charge in [-0.25, -0.2) is 0 Å². The van der Waals surface area contributed by atoms with Gasteiger partial charge >= 0.3 is 0 Å². The average molecular weight is 446 g/mol. The van der Waals surface area contributed by atoms with Crippen LogP contribution in [0.5, 0.6) is 0 Å². The summed E-state index contributed by atoms with van der Waals surface area (Å²) in [6.07, 6.45) is 0. The van der Waals surface area contributed by atoms with Gasteiger partial charge in [-0.1, -0.05) is 63.5 Å². The molecule has 1 rings (SSSR count). The van der Waals surface area contributed by atoms with Crippen molar-refractivity contribution in [3.8, 4) is 0 Å². The molecule has 0 spiro atoms. The van der Waals surface area contributed by atoms with Crippen molar-refractivity contribution in [3.63, 3.8) is 0 Å². The lowest BCUT2D eigenvalue weighted by Gasteiger charge is -2.37. The molecule has 0 atom stereocenters. The highest BCUT2D eigenvalue weighted by Gasteiger charge is 2.38. The number of halogens is 1. The van der Waals surface area contributed by atoms with Crippen LogP contribution in [0.25, 0.3) is 0 Å². The Balaban J connectivity index is 2.94. The van der Waals surface area contributed by atoms with E-state index in [9.17, 15) is 0 Å². The Bertz CT molecular complexity index is 584. The summed E-state index contributed by atoms with van der Waals surface area (Å²) in [5, 5.41) is 0.441. The second-order valence-corrected chi connectivity index (χ2v) is 20.5. The first-order chi connectivity index (χ1) is 11.1. The highest BCUT2D eigenvalue weighted by Crippen LogP contribution is 2.39. The molecule has 1 aromatic carbocycles. The third-order valence-electron chi connectivity index (χ3n) is 5.96. The maximum atomic E-state index is 6.45. The molecule has 0 aromatic heterocycles. The number of hydrogen-bond acceptors (Lipinski definition) is 2. The van der Waals surface area contributed by atoms with Gasteiger partial charge in [0, 0.05) is 4.47 Å². The normalized spacial score (nSPS) is 14.0. The van der Waals surface area contributed by atoms with Crippen molar-refractivity contribution in [3.05, 3.63) is 33.8 Å². The van der Waals surface area contributed by atoms with Crippen LogP contribution in [0.1, 0.15) is 52.7 Å². The highest BCUT2D eigenvalue weighted by atomic mass is 79.9. The van der Waals surface area contributed by atoms with Crippen LogP contribution in [0, 0.1) is 0 Å². The van der Waals surface area contributed by atoms with Crippen molar-refractivity contribution >= 4 is 32.6 Å². The second kappa shape index (κ2) is 7.97. The van der Waals surface area contributed by atoms with Crippen LogP contribution in [0.2, 0.25) is 36.3 Å². The van der Waals surface area contributed by atoms with Gasteiger partial charge in [-0.05, 0) is 59.5 Å². The summed E-state index contributed by atoms with van der Waals surface area (Å²) in [4.78, 5) is 0. The molecule has 0 N–H and O–H groups in total. The monoisotopic (exact) mass is 444 g/mol. The predicted molar refractivity (Wildman–Crippen MR) is 118 cm³/mol. The highest BCUT2D eigenvalue weighted by molar-refractivity contribution is 9.10. The number of hydrogen-bond donors (Lipinski definition) is 0. The predicted octanol–water partition coefficient (Wildman–Crippen LogP) is 7.49. The van der Waals surface area contributed by atoms with Crippen LogP contribution in [0.3, 0.4) is 0 Å². The van der Waals surface area contributed by atoms with Gasteiger partial charge in [0.1, 0.15) is 0 Å². The lowest BCUT2D eigenvalue weighted by atomic mass is 10.1. The number of rotatable bonds is 6. The van der Waals surface area contributed by atoms with Gasteiger partial charge in [0.05, 0.1) is 13.2 Å². The van der Waals surface area contributed by atoms with Gasteiger partial charge in [-0.15, -0.1) is 0 Å². The first-order valence-corrected chi connectivity index (χ1v) is 15.7. The quantitative estimate of drug-likeness (QED) is 0.422. The average Bonchev–Trinajstić information content (AvgIpc) is 2.41. The van der Waals surface area contributed by atoms with Gasteiger partial charge in [-0.2, -0.15) is 0 Å².